The molecule has 100 valence electrons. The molecule has 0 amide bonds. The van der Waals surface area contributed by atoms with Crippen LogP contribution < -0.4 is 0 Å². The van der Waals surface area contributed by atoms with E-state index >= 15 is 0 Å². The molecule has 18 heavy (non-hydrogen) atoms. The first-order chi connectivity index (χ1) is 8.37. The van der Waals surface area contributed by atoms with Gasteiger partial charge in [-0.15, -0.1) is 0 Å². The van der Waals surface area contributed by atoms with Gasteiger partial charge in [-0.25, -0.2) is 9.67 Å². The Bertz CT molecular complexity index is 445. The molecule has 6 heteroatoms. The zero-order valence-corrected chi connectivity index (χ0v) is 11.3. The second-order valence-corrected chi connectivity index (χ2v) is 5.62. The molecule has 0 saturated carbocycles. The molecular formula is C12H20N4O2. The first kappa shape index (κ1) is 13.0. The van der Waals surface area contributed by atoms with Crippen LogP contribution in [0.25, 0.3) is 0 Å². The molecule has 0 aliphatic carbocycles. The molecule has 1 unspecified atom stereocenters. The quantitative estimate of drug-likeness (QED) is 0.881. The summed E-state index contributed by atoms with van der Waals surface area (Å²) in [6, 6.07) is 0. The summed E-state index contributed by atoms with van der Waals surface area (Å²) in [6.07, 6.45) is 2.03. The van der Waals surface area contributed by atoms with Crippen LogP contribution in [0.4, 0.5) is 0 Å². The molecule has 1 aromatic heterocycles. The minimum atomic E-state index is -0.831. The summed E-state index contributed by atoms with van der Waals surface area (Å²) in [4.78, 5) is 9.63. The number of hydrogen-bond acceptors (Lipinski definition) is 5. The van der Waals surface area contributed by atoms with E-state index in [-0.39, 0.29) is 6.10 Å². The standard InChI is InChI=1S/C12H20N4O2/c1-8(2)9-5-10(18-15-9)11-13-7-14-16(11)6-12(3,4)17/h7-8,10,17H,5-6H2,1-4H3. The van der Waals surface area contributed by atoms with Gasteiger partial charge in [0.1, 0.15) is 6.33 Å². The molecule has 1 aliphatic heterocycles. The molecule has 1 atom stereocenters. The topological polar surface area (TPSA) is 72.5 Å². The lowest BCUT2D eigenvalue weighted by Gasteiger charge is -2.19. The normalized spacial score (nSPS) is 20.1. The molecule has 1 aromatic rings. The van der Waals surface area contributed by atoms with Gasteiger partial charge >= 0.3 is 0 Å². The third kappa shape index (κ3) is 2.87. The minimum absolute atomic E-state index is 0.188. The zero-order valence-electron chi connectivity index (χ0n) is 11.3. The third-order valence-corrected chi connectivity index (χ3v) is 2.83. The van der Waals surface area contributed by atoms with Crippen molar-refractivity contribution < 1.29 is 9.94 Å². The summed E-state index contributed by atoms with van der Waals surface area (Å²) >= 11 is 0. The number of oxime groups is 1. The summed E-state index contributed by atoms with van der Waals surface area (Å²) in [5.41, 5.74) is 0.209. The van der Waals surface area contributed by atoms with Crippen LogP contribution in [-0.2, 0) is 11.4 Å². The summed E-state index contributed by atoms with van der Waals surface area (Å²) in [7, 11) is 0. The molecule has 0 fully saturated rings. The van der Waals surface area contributed by atoms with Gasteiger partial charge < -0.3 is 9.94 Å². The first-order valence-electron chi connectivity index (χ1n) is 6.19. The van der Waals surface area contributed by atoms with E-state index in [2.05, 4.69) is 29.1 Å². The van der Waals surface area contributed by atoms with Crippen molar-refractivity contribution in [2.24, 2.45) is 11.1 Å². The van der Waals surface area contributed by atoms with Crippen molar-refractivity contribution in [3.63, 3.8) is 0 Å². The van der Waals surface area contributed by atoms with E-state index in [1.54, 1.807) is 18.5 Å². The van der Waals surface area contributed by atoms with Gasteiger partial charge in [-0.3, -0.25) is 0 Å². The Labute approximate surface area is 107 Å². The van der Waals surface area contributed by atoms with Crippen LogP contribution in [0, 0.1) is 5.92 Å². The van der Waals surface area contributed by atoms with E-state index in [1.165, 1.54) is 6.33 Å². The molecule has 1 aliphatic rings. The minimum Gasteiger partial charge on any atom is -0.389 e. The van der Waals surface area contributed by atoms with Crippen molar-refractivity contribution in [3.05, 3.63) is 12.2 Å². The maximum atomic E-state index is 9.84. The molecule has 0 bridgehead atoms. The molecule has 0 spiro atoms. The highest BCUT2D eigenvalue weighted by Crippen LogP contribution is 2.28. The Morgan fingerprint density at radius 2 is 2.28 bits per heavy atom. The van der Waals surface area contributed by atoms with Crippen LogP contribution in [0.2, 0.25) is 0 Å². The lowest BCUT2D eigenvalue weighted by Crippen LogP contribution is -2.28. The van der Waals surface area contributed by atoms with Crippen molar-refractivity contribution in [3.8, 4) is 0 Å². The number of hydrogen-bond donors (Lipinski definition) is 1. The van der Waals surface area contributed by atoms with Gasteiger partial charge in [0.05, 0.1) is 17.9 Å². The van der Waals surface area contributed by atoms with Crippen molar-refractivity contribution in [2.45, 2.75) is 52.4 Å². The van der Waals surface area contributed by atoms with E-state index in [9.17, 15) is 5.11 Å². The molecule has 0 saturated heterocycles. The second-order valence-electron chi connectivity index (χ2n) is 5.62. The van der Waals surface area contributed by atoms with Gasteiger partial charge in [0, 0.05) is 6.42 Å². The number of aliphatic hydroxyl groups is 1. The van der Waals surface area contributed by atoms with Crippen molar-refractivity contribution in [1.29, 1.82) is 0 Å². The molecule has 1 N–H and O–H groups in total. The fourth-order valence-electron chi connectivity index (χ4n) is 1.89. The van der Waals surface area contributed by atoms with Gasteiger partial charge in [0.15, 0.2) is 11.9 Å². The van der Waals surface area contributed by atoms with Crippen LogP contribution in [0.1, 0.15) is 46.0 Å². The van der Waals surface area contributed by atoms with E-state index in [4.69, 9.17) is 4.84 Å². The predicted molar refractivity (Wildman–Crippen MR) is 67.0 cm³/mol. The van der Waals surface area contributed by atoms with Gasteiger partial charge in [0.25, 0.3) is 0 Å². The van der Waals surface area contributed by atoms with Crippen molar-refractivity contribution in [2.75, 3.05) is 0 Å². The Morgan fingerprint density at radius 1 is 1.56 bits per heavy atom. The fourth-order valence-corrected chi connectivity index (χ4v) is 1.89. The van der Waals surface area contributed by atoms with Crippen molar-refractivity contribution in [1.82, 2.24) is 14.8 Å². The highest BCUT2D eigenvalue weighted by atomic mass is 16.6. The molecule has 0 aromatic carbocycles. The Kier molecular flexibility index (Phi) is 3.38. The summed E-state index contributed by atoms with van der Waals surface area (Å²) < 4.78 is 1.68. The van der Waals surface area contributed by atoms with E-state index in [0.29, 0.717) is 12.5 Å². The summed E-state index contributed by atoms with van der Waals surface area (Å²) in [6.45, 7) is 8.05. The molecule has 2 heterocycles. The van der Waals surface area contributed by atoms with Crippen molar-refractivity contribution >= 4 is 5.71 Å². The van der Waals surface area contributed by atoms with Gasteiger partial charge in [-0.1, -0.05) is 19.0 Å². The summed E-state index contributed by atoms with van der Waals surface area (Å²) in [5.74, 6) is 1.09. The molecular weight excluding hydrogens is 232 g/mol. The van der Waals surface area contributed by atoms with Crippen LogP contribution in [0.5, 0.6) is 0 Å². The summed E-state index contributed by atoms with van der Waals surface area (Å²) in [5, 5.41) is 18.1. The Morgan fingerprint density at radius 3 is 2.83 bits per heavy atom. The monoisotopic (exact) mass is 252 g/mol. The van der Waals surface area contributed by atoms with Crippen LogP contribution in [-0.4, -0.2) is 31.2 Å². The van der Waals surface area contributed by atoms with Crippen LogP contribution in [0.15, 0.2) is 11.5 Å². The number of nitrogens with zero attached hydrogens (tertiary/aromatic N) is 4. The highest BCUT2D eigenvalue weighted by Gasteiger charge is 2.29. The predicted octanol–water partition coefficient (Wildman–Crippen LogP) is 1.52. The largest absolute Gasteiger partial charge is 0.389 e. The molecule has 0 radical (unpaired) electrons. The van der Waals surface area contributed by atoms with E-state index in [1.807, 2.05) is 0 Å². The van der Waals surface area contributed by atoms with Gasteiger partial charge in [-0.05, 0) is 19.8 Å². The third-order valence-electron chi connectivity index (χ3n) is 2.83. The first-order valence-corrected chi connectivity index (χ1v) is 6.19. The zero-order chi connectivity index (χ0) is 13.3. The van der Waals surface area contributed by atoms with E-state index in [0.717, 1.165) is 18.0 Å². The van der Waals surface area contributed by atoms with Crippen LogP contribution >= 0.6 is 0 Å². The Balaban J connectivity index is 2.10. The fraction of sp³-hybridized carbons (Fsp3) is 0.750. The lowest BCUT2D eigenvalue weighted by atomic mass is 10.0. The van der Waals surface area contributed by atoms with E-state index < -0.39 is 5.60 Å². The SMILES string of the molecule is CC(C)C1=NOC(c2ncnn2CC(C)(C)O)C1. The second kappa shape index (κ2) is 4.68. The van der Waals surface area contributed by atoms with Gasteiger partial charge in [-0.2, -0.15) is 5.10 Å². The van der Waals surface area contributed by atoms with Gasteiger partial charge in [0.2, 0.25) is 0 Å². The van der Waals surface area contributed by atoms with Crippen LogP contribution in [0.3, 0.4) is 0 Å². The Hall–Kier alpha value is -1.43. The number of aromatic nitrogens is 3. The molecule has 2 rings (SSSR count). The molecule has 6 nitrogen and oxygen atoms in total. The average molecular weight is 252 g/mol. The lowest BCUT2D eigenvalue weighted by molar-refractivity contribution is 0.0445. The highest BCUT2D eigenvalue weighted by molar-refractivity contribution is 5.87. The average Bonchev–Trinajstić information content (AvgIpc) is 2.81. The maximum Gasteiger partial charge on any atom is 0.191 e. The maximum absolute atomic E-state index is 9.84. The smallest absolute Gasteiger partial charge is 0.191 e. The number of rotatable bonds is 4.